The van der Waals surface area contributed by atoms with Crippen molar-refractivity contribution in [3.8, 4) is 0 Å². The summed E-state index contributed by atoms with van der Waals surface area (Å²) in [6, 6.07) is 8.22. The second-order valence-electron chi connectivity index (χ2n) is 6.91. The lowest BCUT2D eigenvalue weighted by molar-refractivity contribution is -0.123. The zero-order valence-electron chi connectivity index (χ0n) is 14.5. The highest BCUT2D eigenvalue weighted by Crippen LogP contribution is 2.58. The van der Waals surface area contributed by atoms with Crippen molar-refractivity contribution in [2.24, 2.45) is 11.3 Å². The molecule has 4 nitrogen and oxygen atoms in total. The maximum Gasteiger partial charge on any atom is 0.223 e. The molecule has 1 atom stereocenters. The lowest BCUT2D eigenvalue weighted by Crippen LogP contribution is -2.33. The summed E-state index contributed by atoms with van der Waals surface area (Å²) >= 11 is 0. The molecule has 1 unspecified atom stereocenters. The first kappa shape index (κ1) is 19.2. The summed E-state index contributed by atoms with van der Waals surface area (Å²) in [6.45, 7) is 6.23. The van der Waals surface area contributed by atoms with E-state index in [4.69, 9.17) is 4.74 Å². The van der Waals surface area contributed by atoms with Crippen molar-refractivity contribution in [1.29, 1.82) is 0 Å². The summed E-state index contributed by atoms with van der Waals surface area (Å²) < 4.78 is 5.65. The molecule has 1 spiro atoms. The molecule has 0 aromatic heterocycles. The Morgan fingerprint density at radius 3 is 2.71 bits per heavy atom. The Labute approximate surface area is 151 Å². The average Bonchev–Trinajstić information content (AvgIpc) is 3.27. The topological polar surface area (TPSA) is 50.4 Å². The molecule has 2 N–H and O–H groups in total. The summed E-state index contributed by atoms with van der Waals surface area (Å²) in [7, 11) is 0. The van der Waals surface area contributed by atoms with Crippen LogP contribution in [0.15, 0.2) is 24.3 Å². The van der Waals surface area contributed by atoms with E-state index in [0.29, 0.717) is 18.6 Å². The molecule has 2 fully saturated rings. The Bertz CT molecular complexity index is 544. The van der Waals surface area contributed by atoms with E-state index in [-0.39, 0.29) is 24.2 Å². The maximum atomic E-state index is 12.5. The standard InChI is InChI=1S/C19H28N2O2.ClH/c1-2-11-23-14-16-6-4-3-5-15(16)13-21-18(22)17-12-19(17)7-9-20-10-8-19;/h3-6,17,20H,2,7-14H2,1H3,(H,21,22);1H. The second kappa shape index (κ2) is 8.84. The SMILES string of the molecule is CCCOCc1ccccc1CNC(=O)C1CC12CCNCC2.Cl. The van der Waals surface area contributed by atoms with E-state index in [1.165, 1.54) is 5.56 Å². The lowest BCUT2D eigenvalue weighted by Gasteiger charge is -2.23. The van der Waals surface area contributed by atoms with E-state index in [1.54, 1.807) is 0 Å². The largest absolute Gasteiger partial charge is 0.377 e. The summed E-state index contributed by atoms with van der Waals surface area (Å²) in [6.07, 6.45) is 4.39. The van der Waals surface area contributed by atoms with Gasteiger partial charge in [-0.05, 0) is 55.3 Å². The van der Waals surface area contributed by atoms with Crippen LogP contribution in [-0.2, 0) is 22.7 Å². The van der Waals surface area contributed by atoms with Gasteiger partial charge in [-0.25, -0.2) is 0 Å². The molecule has 1 amide bonds. The molecular formula is C19H29ClN2O2. The van der Waals surface area contributed by atoms with Gasteiger partial charge in [-0.3, -0.25) is 4.79 Å². The highest BCUT2D eigenvalue weighted by Gasteiger charge is 2.57. The van der Waals surface area contributed by atoms with Gasteiger partial charge in [0.05, 0.1) is 6.61 Å². The molecule has 3 rings (SSSR count). The minimum absolute atomic E-state index is 0. The molecule has 0 radical (unpaired) electrons. The van der Waals surface area contributed by atoms with Crippen molar-refractivity contribution in [3.63, 3.8) is 0 Å². The summed E-state index contributed by atoms with van der Waals surface area (Å²) in [5, 5.41) is 6.53. The van der Waals surface area contributed by atoms with E-state index in [1.807, 2.05) is 12.1 Å². The average molecular weight is 353 g/mol. The zero-order valence-corrected chi connectivity index (χ0v) is 15.3. The van der Waals surface area contributed by atoms with Gasteiger partial charge >= 0.3 is 0 Å². The van der Waals surface area contributed by atoms with Crippen molar-refractivity contribution < 1.29 is 9.53 Å². The number of amides is 1. The molecule has 1 heterocycles. The van der Waals surface area contributed by atoms with Gasteiger partial charge in [0.2, 0.25) is 5.91 Å². The van der Waals surface area contributed by atoms with Crippen LogP contribution in [0.1, 0.15) is 43.7 Å². The monoisotopic (exact) mass is 352 g/mol. The minimum atomic E-state index is 0. The van der Waals surface area contributed by atoms with Crippen LogP contribution in [0.4, 0.5) is 0 Å². The smallest absolute Gasteiger partial charge is 0.223 e. The number of benzene rings is 1. The molecule has 1 saturated heterocycles. The Balaban J connectivity index is 0.00000208. The number of piperidine rings is 1. The number of nitrogens with one attached hydrogen (secondary N) is 2. The maximum absolute atomic E-state index is 12.5. The van der Waals surface area contributed by atoms with E-state index >= 15 is 0 Å². The molecular weight excluding hydrogens is 324 g/mol. The highest BCUT2D eigenvalue weighted by atomic mass is 35.5. The van der Waals surface area contributed by atoms with E-state index in [9.17, 15) is 4.79 Å². The van der Waals surface area contributed by atoms with Gasteiger partial charge in [0.15, 0.2) is 0 Å². The summed E-state index contributed by atoms with van der Waals surface area (Å²) in [5.74, 6) is 0.462. The first-order chi connectivity index (χ1) is 11.2. The van der Waals surface area contributed by atoms with Crippen LogP contribution in [0.25, 0.3) is 0 Å². The number of ether oxygens (including phenoxy) is 1. The molecule has 24 heavy (non-hydrogen) atoms. The molecule has 134 valence electrons. The highest BCUT2D eigenvalue weighted by molar-refractivity contribution is 5.85. The fourth-order valence-electron chi connectivity index (χ4n) is 3.70. The van der Waals surface area contributed by atoms with Gasteiger partial charge in [0.1, 0.15) is 0 Å². The first-order valence-corrected chi connectivity index (χ1v) is 8.88. The molecule has 0 bridgehead atoms. The third-order valence-electron chi connectivity index (χ3n) is 5.28. The van der Waals surface area contributed by atoms with Gasteiger partial charge in [-0.1, -0.05) is 31.2 Å². The summed E-state index contributed by atoms with van der Waals surface area (Å²) in [5.41, 5.74) is 2.64. The molecule has 1 aromatic rings. The predicted octanol–water partition coefficient (Wildman–Crippen LogP) is 3.04. The molecule has 1 aliphatic heterocycles. The number of carbonyl (C=O) groups excluding carboxylic acids is 1. The fraction of sp³-hybridized carbons (Fsp3) is 0.632. The van der Waals surface area contributed by atoms with Crippen molar-refractivity contribution in [2.75, 3.05) is 19.7 Å². The predicted molar refractivity (Wildman–Crippen MR) is 98.1 cm³/mol. The zero-order chi connectivity index (χ0) is 16.1. The fourth-order valence-corrected chi connectivity index (χ4v) is 3.70. The van der Waals surface area contributed by atoms with Gasteiger partial charge < -0.3 is 15.4 Å². The Hall–Kier alpha value is -1.10. The van der Waals surface area contributed by atoms with Crippen molar-refractivity contribution >= 4 is 18.3 Å². The molecule has 1 saturated carbocycles. The van der Waals surface area contributed by atoms with Crippen LogP contribution in [0.2, 0.25) is 0 Å². The quantitative estimate of drug-likeness (QED) is 0.741. The van der Waals surface area contributed by atoms with Crippen molar-refractivity contribution in [3.05, 3.63) is 35.4 Å². The van der Waals surface area contributed by atoms with Gasteiger partial charge in [-0.15, -0.1) is 12.4 Å². The van der Waals surface area contributed by atoms with Crippen molar-refractivity contribution in [2.45, 2.75) is 45.8 Å². The Morgan fingerprint density at radius 2 is 2.00 bits per heavy atom. The van der Waals surface area contributed by atoms with Crippen LogP contribution in [0, 0.1) is 11.3 Å². The lowest BCUT2D eigenvalue weighted by atomic mass is 9.92. The Kier molecular flexibility index (Phi) is 7.08. The van der Waals surface area contributed by atoms with E-state index < -0.39 is 0 Å². The number of hydrogen-bond acceptors (Lipinski definition) is 3. The van der Waals surface area contributed by atoms with Gasteiger partial charge in [0.25, 0.3) is 0 Å². The third kappa shape index (κ3) is 4.50. The summed E-state index contributed by atoms with van der Waals surface area (Å²) in [4.78, 5) is 12.5. The molecule has 5 heteroatoms. The minimum Gasteiger partial charge on any atom is -0.377 e. The van der Waals surface area contributed by atoms with Crippen molar-refractivity contribution in [1.82, 2.24) is 10.6 Å². The first-order valence-electron chi connectivity index (χ1n) is 8.88. The van der Waals surface area contributed by atoms with Gasteiger partial charge in [-0.2, -0.15) is 0 Å². The van der Waals surface area contributed by atoms with E-state index in [2.05, 4.69) is 29.7 Å². The molecule has 1 aromatic carbocycles. The van der Waals surface area contributed by atoms with Crippen LogP contribution in [0.5, 0.6) is 0 Å². The van der Waals surface area contributed by atoms with Crippen LogP contribution in [-0.4, -0.2) is 25.6 Å². The molecule has 1 aliphatic carbocycles. The van der Waals surface area contributed by atoms with E-state index in [0.717, 1.165) is 50.9 Å². The normalized spacial score (nSPS) is 21.1. The Morgan fingerprint density at radius 1 is 1.29 bits per heavy atom. The second-order valence-corrected chi connectivity index (χ2v) is 6.91. The number of carbonyl (C=O) groups is 1. The van der Waals surface area contributed by atoms with Crippen LogP contribution < -0.4 is 10.6 Å². The number of hydrogen-bond donors (Lipinski definition) is 2. The number of halogens is 1. The van der Waals surface area contributed by atoms with Crippen LogP contribution in [0.3, 0.4) is 0 Å². The van der Waals surface area contributed by atoms with Crippen LogP contribution >= 0.6 is 12.4 Å². The van der Waals surface area contributed by atoms with Gasteiger partial charge in [0, 0.05) is 19.1 Å². The number of rotatable bonds is 7. The third-order valence-corrected chi connectivity index (χ3v) is 5.28. The molecule has 2 aliphatic rings.